The van der Waals surface area contributed by atoms with E-state index in [1.807, 2.05) is 19.1 Å². The summed E-state index contributed by atoms with van der Waals surface area (Å²) in [5.41, 5.74) is 1.81. The number of amides is 2. The maximum atomic E-state index is 11.9. The number of hydrogen-bond acceptors (Lipinski definition) is 4. The van der Waals surface area contributed by atoms with Crippen molar-refractivity contribution in [2.45, 2.75) is 19.4 Å². The van der Waals surface area contributed by atoms with Gasteiger partial charge in [-0.3, -0.25) is 4.79 Å². The highest BCUT2D eigenvalue weighted by Crippen LogP contribution is 2.11. The van der Waals surface area contributed by atoms with Crippen molar-refractivity contribution < 1.29 is 14.3 Å². The predicted octanol–water partition coefficient (Wildman–Crippen LogP) is 1.16. The number of aromatic nitrogens is 2. The first kappa shape index (κ1) is 15.6. The van der Waals surface area contributed by atoms with Crippen molar-refractivity contribution in [2.24, 2.45) is 0 Å². The third kappa shape index (κ3) is 4.34. The van der Waals surface area contributed by atoms with Gasteiger partial charge in [0.2, 0.25) is 5.91 Å². The quantitative estimate of drug-likeness (QED) is 0.772. The highest BCUT2D eigenvalue weighted by molar-refractivity contribution is 5.86. The second-order valence-corrected chi connectivity index (χ2v) is 4.79. The van der Waals surface area contributed by atoms with Crippen molar-refractivity contribution in [3.05, 3.63) is 48.0 Å². The number of imidazole rings is 1. The Bertz CT molecular complexity index is 623. The van der Waals surface area contributed by atoms with E-state index in [-0.39, 0.29) is 5.91 Å². The fourth-order valence-corrected chi connectivity index (χ4v) is 1.88. The number of carbonyl (C=O) groups excluding carboxylic acids is 2. The molecule has 7 heteroatoms. The molecule has 0 unspecified atom stereocenters. The summed E-state index contributed by atoms with van der Waals surface area (Å²) in [6, 6.07) is 6.31. The van der Waals surface area contributed by atoms with Crippen LogP contribution in [0, 0.1) is 6.92 Å². The Morgan fingerprint density at radius 2 is 2.05 bits per heavy atom. The minimum Gasteiger partial charge on any atom is -0.410 e. The van der Waals surface area contributed by atoms with Gasteiger partial charge >= 0.3 is 6.09 Å². The van der Waals surface area contributed by atoms with E-state index >= 15 is 0 Å². The number of nitrogens with zero attached hydrogens (tertiary/aromatic N) is 1. The van der Waals surface area contributed by atoms with Crippen molar-refractivity contribution in [1.29, 1.82) is 0 Å². The lowest BCUT2D eigenvalue weighted by atomic mass is 10.1. The third-order valence-electron chi connectivity index (χ3n) is 3.07. The average molecular weight is 302 g/mol. The SMILES string of the molecule is CNC(=O)[C@H](Cc1cnc[nH]1)NC(=O)Oc1ccc(C)cc1. The summed E-state index contributed by atoms with van der Waals surface area (Å²) >= 11 is 0. The molecule has 0 fully saturated rings. The Hall–Kier alpha value is -2.83. The molecule has 1 aromatic carbocycles. The van der Waals surface area contributed by atoms with Gasteiger partial charge < -0.3 is 20.4 Å². The highest BCUT2D eigenvalue weighted by Gasteiger charge is 2.21. The van der Waals surface area contributed by atoms with Crippen molar-refractivity contribution in [2.75, 3.05) is 7.05 Å². The zero-order chi connectivity index (χ0) is 15.9. The van der Waals surface area contributed by atoms with Gasteiger partial charge in [0.1, 0.15) is 11.8 Å². The van der Waals surface area contributed by atoms with Crippen molar-refractivity contribution in [3.8, 4) is 5.75 Å². The van der Waals surface area contributed by atoms with Crippen molar-refractivity contribution in [3.63, 3.8) is 0 Å². The summed E-state index contributed by atoms with van der Waals surface area (Å²) in [5.74, 6) is 0.107. The van der Waals surface area contributed by atoms with Crippen LogP contribution in [0.25, 0.3) is 0 Å². The Kier molecular flexibility index (Phi) is 5.13. The molecule has 0 bridgehead atoms. The molecule has 7 nitrogen and oxygen atoms in total. The van der Waals surface area contributed by atoms with Crippen LogP contribution < -0.4 is 15.4 Å². The number of hydrogen-bond donors (Lipinski definition) is 3. The van der Waals surface area contributed by atoms with E-state index in [4.69, 9.17) is 4.74 Å². The Balaban J connectivity index is 1.98. The number of carbonyl (C=O) groups is 2. The van der Waals surface area contributed by atoms with Gasteiger partial charge in [-0.2, -0.15) is 0 Å². The summed E-state index contributed by atoms with van der Waals surface area (Å²) in [5, 5.41) is 5.06. The number of aryl methyl sites for hydroxylation is 1. The van der Waals surface area contributed by atoms with Crippen LogP contribution in [0.15, 0.2) is 36.8 Å². The van der Waals surface area contributed by atoms with Crippen molar-refractivity contribution >= 4 is 12.0 Å². The Morgan fingerprint density at radius 1 is 1.32 bits per heavy atom. The molecule has 0 radical (unpaired) electrons. The van der Waals surface area contributed by atoms with Crippen LogP contribution in [0.3, 0.4) is 0 Å². The molecule has 0 saturated carbocycles. The molecule has 1 heterocycles. The molecule has 116 valence electrons. The fraction of sp³-hybridized carbons (Fsp3) is 0.267. The van der Waals surface area contributed by atoms with E-state index in [2.05, 4.69) is 20.6 Å². The van der Waals surface area contributed by atoms with Gasteiger partial charge in [0.05, 0.1) is 6.33 Å². The van der Waals surface area contributed by atoms with E-state index in [0.29, 0.717) is 12.2 Å². The first-order chi connectivity index (χ1) is 10.6. The van der Waals surface area contributed by atoms with Gasteiger partial charge in [-0.25, -0.2) is 9.78 Å². The molecule has 0 aliphatic rings. The number of benzene rings is 1. The van der Waals surface area contributed by atoms with Crippen LogP contribution >= 0.6 is 0 Å². The summed E-state index contributed by atoms with van der Waals surface area (Å²) in [4.78, 5) is 30.5. The van der Waals surface area contributed by atoms with Crippen molar-refractivity contribution in [1.82, 2.24) is 20.6 Å². The molecule has 0 saturated heterocycles. The first-order valence-corrected chi connectivity index (χ1v) is 6.82. The summed E-state index contributed by atoms with van der Waals surface area (Å²) in [6.45, 7) is 1.94. The Labute approximate surface area is 128 Å². The topological polar surface area (TPSA) is 96.1 Å². The number of H-pyrrole nitrogens is 1. The van der Waals surface area contributed by atoms with Crippen LogP contribution in [0.4, 0.5) is 4.79 Å². The van der Waals surface area contributed by atoms with Gasteiger partial charge in [-0.05, 0) is 19.1 Å². The molecule has 2 rings (SSSR count). The molecule has 0 aliphatic heterocycles. The van der Waals surface area contributed by atoms with E-state index in [9.17, 15) is 9.59 Å². The second kappa shape index (κ2) is 7.26. The van der Waals surface area contributed by atoms with Crippen LogP contribution in [-0.2, 0) is 11.2 Å². The molecule has 1 aromatic heterocycles. The number of aromatic amines is 1. The zero-order valence-corrected chi connectivity index (χ0v) is 12.4. The highest BCUT2D eigenvalue weighted by atomic mass is 16.6. The van der Waals surface area contributed by atoms with E-state index in [1.165, 1.54) is 13.4 Å². The molecule has 1 atom stereocenters. The zero-order valence-electron chi connectivity index (χ0n) is 12.4. The first-order valence-electron chi connectivity index (χ1n) is 6.82. The molecule has 0 spiro atoms. The van der Waals surface area contributed by atoms with E-state index < -0.39 is 12.1 Å². The monoisotopic (exact) mass is 302 g/mol. The average Bonchev–Trinajstić information content (AvgIpc) is 3.01. The standard InChI is InChI=1S/C15H18N4O3/c1-10-3-5-12(6-4-10)22-15(21)19-13(14(20)16-2)7-11-8-17-9-18-11/h3-6,8-9,13H,7H2,1-2H3,(H,16,20)(H,17,18)(H,19,21)/t13-/m0/s1. The second-order valence-electron chi connectivity index (χ2n) is 4.79. The lowest BCUT2D eigenvalue weighted by Crippen LogP contribution is -2.48. The van der Waals surface area contributed by atoms with Gasteiger partial charge in [0.25, 0.3) is 0 Å². The third-order valence-corrected chi connectivity index (χ3v) is 3.07. The number of ether oxygens (including phenoxy) is 1. The normalized spacial score (nSPS) is 11.5. The molecule has 22 heavy (non-hydrogen) atoms. The smallest absolute Gasteiger partial charge is 0.410 e. The van der Waals surface area contributed by atoms with Crippen LogP contribution in [0.1, 0.15) is 11.3 Å². The van der Waals surface area contributed by atoms with Gasteiger partial charge in [0, 0.05) is 25.4 Å². The molecular weight excluding hydrogens is 284 g/mol. The number of nitrogens with one attached hydrogen (secondary N) is 3. The van der Waals surface area contributed by atoms with Gasteiger partial charge in [-0.1, -0.05) is 17.7 Å². The number of likely N-dealkylation sites (N-methyl/N-ethyl adjacent to an activating group) is 1. The summed E-state index contributed by atoms with van der Waals surface area (Å²) < 4.78 is 5.16. The number of rotatable bonds is 5. The molecule has 3 N–H and O–H groups in total. The maximum absolute atomic E-state index is 11.9. The lowest BCUT2D eigenvalue weighted by Gasteiger charge is -2.16. The summed E-state index contributed by atoms with van der Waals surface area (Å²) in [7, 11) is 1.51. The minimum atomic E-state index is -0.747. The van der Waals surface area contributed by atoms with Crippen LogP contribution in [0.5, 0.6) is 5.75 Å². The summed E-state index contributed by atoms with van der Waals surface area (Å²) in [6.07, 6.45) is 2.73. The maximum Gasteiger partial charge on any atom is 0.413 e. The van der Waals surface area contributed by atoms with Gasteiger partial charge in [0.15, 0.2) is 0 Å². The Morgan fingerprint density at radius 3 is 2.64 bits per heavy atom. The van der Waals surface area contributed by atoms with Gasteiger partial charge in [-0.15, -0.1) is 0 Å². The van der Waals surface area contributed by atoms with Crippen LogP contribution in [-0.4, -0.2) is 35.1 Å². The molecule has 0 aliphatic carbocycles. The van der Waals surface area contributed by atoms with E-state index in [1.54, 1.807) is 18.3 Å². The molecule has 2 amide bonds. The van der Waals surface area contributed by atoms with E-state index in [0.717, 1.165) is 11.3 Å². The lowest BCUT2D eigenvalue weighted by molar-refractivity contribution is -0.122. The fourth-order valence-electron chi connectivity index (χ4n) is 1.88. The minimum absolute atomic E-state index is 0.294. The molecular formula is C15H18N4O3. The van der Waals surface area contributed by atoms with Crippen LogP contribution in [0.2, 0.25) is 0 Å². The predicted molar refractivity (Wildman–Crippen MR) is 80.5 cm³/mol. The molecule has 2 aromatic rings. The largest absolute Gasteiger partial charge is 0.413 e.